The lowest BCUT2D eigenvalue weighted by Gasteiger charge is -2.27. The molecule has 38 heavy (non-hydrogen) atoms. The van der Waals surface area contributed by atoms with Crippen molar-refractivity contribution >= 4 is 44.8 Å². The molecule has 0 aromatic heterocycles. The lowest BCUT2D eigenvalue weighted by atomic mass is 9.99. The Morgan fingerprint density at radius 1 is 0.868 bits per heavy atom. The predicted molar refractivity (Wildman–Crippen MR) is 152 cm³/mol. The summed E-state index contributed by atoms with van der Waals surface area (Å²) in [6.07, 6.45) is 0. The Bertz CT molecular complexity index is 1490. The van der Waals surface area contributed by atoms with Gasteiger partial charge in [0.1, 0.15) is 17.2 Å². The van der Waals surface area contributed by atoms with E-state index in [1.807, 2.05) is 60.7 Å². The number of hydrogen-bond acceptors (Lipinski definition) is 4. The molecule has 0 atom stereocenters. The molecular weight excluding hydrogens is 543 g/mol. The summed E-state index contributed by atoms with van der Waals surface area (Å²) < 4.78 is 34.4. The summed E-state index contributed by atoms with van der Waals surface area (Å²) in [4.78, 5) is 13.5. The molecule has 196 valence electrons. The second-order valence-corrected chi connectivity index (χ2v) is 11.2. The highest BCUT2D eigenvalue weighted by molar-refractivity contribution is 7.93. The lowest BCUT2D eigenvalue weighted by molar-refractivity contribution is -0.120. The Labute approximate surface area is 232 Å². The van der Waals surface area contributed by atoms with Gasteiger partial charge in [0.05, 0.1) is 28.9 Å². The Hall–Kier alpha value is -3.52. The molecule has 0 saturated heterocycles. The molecular formula is C29H26Cl2N2O4S. The number of rotatable bonds is 9. The first-order valence-corrected chi connectivity index (χ1v) is 13.9. The fraction of sp³-hybridized carbons (Fsp3) is 0.138. The monoisotopic (exact) mass is 568 g/mol. The molecule has 6 nitrogen and oxygen atoms in total. The molecule has 0 aliphatic rings. The summed E-state index contributed by atoms with van der Waals surface area (Å²) in [5, 5.41) is 3.43. The SMILES string of the molecule is COc1ccc(C)cc1S(=O)(=O)N(CC(=O)NC(c1ccccc1)c1ccccc1)c1ccc(Cl)c(Cl)c1. The van der Waals surface area contributed by atoms with Gasteiger partial charge in [0.2, 0.25) is 5.91 Å². The van der Waals surface area contributed by atoms with Crippen molar-refractivity contribution in [3.63, 3.8) is 0 Å². The fourth-order valence-electron chi connectivity index (χ4n) is 4.05. The van der Waals surface area contributed by atoms with Gasteiger partial charge >= 0.3 is 0 Å². The number of ether oxygens (including phenoxy) is 1. The van der Waals surface area contributed by atoms with E-state index in [0.29, 0.717) is 0 Å². The molecule has 4 aromatic carbocycles. The summed E-state index contributed by atoms with van der Waals surface area (Å²) in [6, 6.07) is 27.7. The van der Waals surface area contributed by atoms with Crippen molar-refractivity contribution < 1.29 is 17.9 Å². The van der Waals surface area contributed by atoms with E-state index in [4.69, 9.17) is 27.9 Å². The summed E-state index contributed by atoms with van der Waals surface area (Å²) in [5.41, 5.74) is 2.62. The van der Waals surface area contributed by atoms with Crippen molar-refractivity contribution in [1.29, 1.82) is 0 Å². The third-order valence-electron chi connectivity index (χ3n) is 5.94. The van der Waals surface area contributed by atoms with Crippen molar-refractivity contribution in [2.45, 2.75) is 17.9 Å². The number of methoxy groups -OCH3 is 1. The number of nitrogens with one attached hydrogen (secondary N) is 1. The summed E-state index contributed by atoms with van der Waals surface area (Å²) in [6.45, 7) is 1.27. The molecule has 4 aromatic rings. The van der Waals surface area contributed by atoms with Crippen molar-refractivity contribution in [3.8, 4) is 5.75 Å². The predicted octanol–water partition coefficient (Wildman–Crippen LogP) is 6.41. The highest BCUT2D eigenvalue weighted by Crippen LogP contribution is 2.34. The molecule has 0 aliphatic carbocycles. The van der Waals surface area contributed by atoms with Crippen LogP contribution < -0.4 is 14.4 Å². The van der Waals surface area contributed by atoms with E-state index in [1.54, 1.807) is 19.1 Å². The molecule has 0 saturated carbocycles. The van der Waals surface area contributed by atoms with Crippen molar-refractivity contribution in [2.75, 3.05) is 18.0 Å². The molecule has 0 radical (unpaired) electrons. The van der Waals surface area contributed by atoms with Gasteiger partial charge in [-0.15, -0.1) is 0 Å². The minimum absolute atomic E-state index is 0.0680. The molecule has 4 rings (SSSR count). The summed E-state index contributed by atoms with van der Waals surface area (Å²) >= 11 is 12.3. The van der Waals surface area contributed by atoms with Crippen molar-refractivity contribution in [1.82, 2.24) is 5.32 Å². The average molecular weight is 570 g/mol. The normalized spacial score (nSPS) is 11.3. The minimum atomic E-state index is -4.26. The average Bonchev–Trinajstić information content (AvgIpc) is 2.93. The van der Waals surface area contributed by atoms with Gasteiger partial charge in [-0.3, -0.25) is 9.10 Å². The molecule has 0 fully saturated rings. The Kier molecular flexibility index (Phi) is 8.62. The highest BCUT2D eigenvalue weighted by atomic mass is 35.5. The molecule has 0 bridgehead atoms. The minimum Gasteiger partial charge on any atom is -0.495 e. The van der Waals surface area contributed by atoms with Crippen molar-refractivity contribution in [3.05, 3.63) is 124 Å². The van der Waals surface area contributed by atoms with Crippen LogP contribution in [0.2, 0.25) is 10.0 Å². The second-order valence-electron chi connectivity index (χ2n) is 8.59. The highest BCUT2D eigenvalue weighted by Gasteiger charge is 2.31. The molecule has 0 aliphatic heterocycles. The van der Waals surface area contributed by atoms with Gasteiger partial charge in [0.15, 0.2) is 0 Å². The standard InChI is InChI=1S/C29H26Cl2N2O4S/c1-20-13-16-26(37-2)27(17-20)38(35,36)33(23-14-15-24(30)25(31)18-23)19-28(34)32-29(21-9-5-3-6-10-21)22-11-7-4-8-12-22/h3-18,29H,19H2,1-2H3,(H,32,34). The third kappa shape index (κ3) is 6.13. The van der Waals surface area contributed by atoms with Crippen LogP contribution in [0.1, 0.15) is 22.7 Å². The number of aryl methyl sites for hydroxylation is 1. The van der Waals surface area contributed by atoms with E-state index in [2.05, 4.69) is 5.32 Å². The zero-order valence-electron chi connectivity index (χ0n) is 20.8. The van der Waals surface area contributed by atoms with Crippen LogP contribution in [-0.2, 0) is 14.8 Å². The topological polar surface area (TPSA) is 75.7 Å². The number of carbonyl (C=O) groups is 1. The van der Waals surface area contributed by atoms with E-state index < -0.39 is 28.5 Å². The smallest absolute Gasteiger partial charge is 0.268 e. The first-order valence-electron chi connectivity index (χ1n) is 11.7. The Balaban J connectivity index is 1.75. The maximum absolute atomic E-state index is 14.0. The van der Waals surface area contributed by atoms with Gasteiger partial charge in [-0.2, -0.15) is 0 Å². The second kappa shape index (κ2) is 11.9. The van der Waals surface area contributed by atoms with E-state index in [-0.39, 0.29) is 26.4 Å². The molecule has 0 spiro atoms. The van der Waals surface area contributed by atoms with E-state index in [9.17, 15) is 13.2 Å². The summed E-state index contributed by atoms with van der Waals surface area (Å²) in [7, 11) is -2.87. The number of hydrogen-bond donors (Lipinski definition) is 1. The lowest BCUT2D eigenvalue weighted by Crippen LogP contribution is -2.42. The fourth-order valence-corrected chi connectivity index (χ4v) is 6.00. The van der Waals surface area contributed by atoms with Crippen LogP contribution in [0, 0.1) is 6.92 Å². The first kappa shape index (κ1) is 27.5. The Morgan fingerprint density at radius 2 is 1.47 bits per heavy atom. The van der Waals surface area contributed by atoms with Crippen LogP contribution in [0.5, 0.6) is 5.75 Å². The van der Waals surface area contributed by atoms with E-state index in [1.165, 1.54) is 31.4 Å². The zero-order valence-corrected chi connectivity index (χ0v) is 23.1. The van der Waals surface area contributed by atoms with Crippen LogP contribution in [0.4, 0.5) is 5.69 Å². The molecule has 1 amide bonds. The van der Waals surface area contributed by atoms with Gasteiger partial charge < -0.3 is 10.1 Å². The van der Waals surface area contributed by atoms with Crippen molar-refractivity contribution in [2.24, 2.45) is 0 Å². The summed E-state index contributed by atoms with van der Waals surface area (Å²) in [5.74, 6) is -0.350. The molecule has 0 heterocycles. The van der Waals surface area contributed by atoms with E-state index in [0.717, 1.165) is 21.0 Å². The number of carbonyl (C=O) groups excluding carboxylic acids is 1. The maximum Gasteiger partial charge on any atom is 0.268 e. The maximum atomic E-state index is 14.0. The number of anilines is 1. The van der Waals surface area contributed by atoms with Gasteiger partial charge in [-0.05, 0) is 53.9 Å². The van der Waals surface area contributed by atoms with Gasteiger partial charge in [0.25, 0.3) is 10.0 Å². The van der Waals surface area contributed by atoms with Crippen LogP contribution in [0.15, 0.2) is 102 Å². The van der Waals surface area contributed by atoms with Crippen LogP contribution in [0.3, 0.4) is 0 Å². The number of halogens is 2. The first-order chi connectivity index (χ1) is 18.2. The van der Waals surface area contributed by atoms with Gasteiger partial charge in [-0.25, -0.2) is 8.42 Å². The van der Waals surface area contributed by atoms with Gasteiger partial charge in [-0.1, -0.05) is 89.9 Å². The largest absolute Gasteiger partial charge is 0.495 e. The number of sulfonamides is 1. The van der Waals surface area contributed by atoms with Crippen LogP contribution in [-0.4, -0.2) is 28.0 Å². The zero-order chi connectivity index (χ0) is 27.3. The molecule has 9 heteroatoms. The van der Waals surface area contributed by atoms with Crippen LogP contribution >= 0.6 is 23.2 Å². The number of amides is 1. The number of nitrogens with zero attached hydrogens (tertiary/aromatic N) is 1. The van der Waals surface area contributed by atoms with Crippen LogP contribution in [0.25, 0.3) is 0 Å². The quantitative estimate of drug-likeness (QED) is 0.253. The van der Waals surface area contributed by atoms with Gasteiger partial charge in [0, 0.05) is 0 Å². The van der Waals surface area contributed by atoms with E-state index >= 15 is 0 Å². The molecule has 0 unspecified atom stereocenters. The Morgan fingerprint density at radius 3 is 2.03 bits per heavy atom. The number of benzene rings is 4. The molecule has 1 N–H and O–H groups in total. The third-order valence-corrected chi connectivity index (χ3v) is 8.47.